The van der Waals surface area contributed by atoms with Gasteiger partial charge >= 0.3 is 5.97 Å². The fourth-order valence-corrected chi connectivity index (χ4v) is 4.94. The molecule has 2 N–H and O–H groups in total. The highest BCUT2D eigenvalue weighted by molar-refractivity contribution is 5.92. The summed E-state index contributed by atoms with van der Waals surface area (Å²) in [7, 11) is 0. The van der Waals surface area contributed by atoms with Gasteiger partial charge in [0.15, 0.2) is 11.8 Å². The van der Waals surface area contributed by atoms with Crippen LogP contribution in [0.4, 0.5) is 5.69 Å². The molecule has 198 valence electrons. The van der Waals surface area contributed by atoms with Crippen molar-refractivity contribution in [3.05, 3.63) is 95.1 Å². The van der Waals surface area contributed by atoms with Crippen molar-refractivity contribution in [1.29, 1.82) is 0 Å². The number of aliphatic carboxylic acids is 1. The molecule has 4 rings (SSSR count). The van der Waals surface area contributed by atoms with Crippen LogP contribution in [0.2, 0.25) is 0 Å². The minimum Gasteiger partial charge on any atom is -0.480 e. The highest BCUT2D eigenvalue weighted by atomic mass is 16.7. The molecule has 3 aromatic rings. The number of carbonyl (C=O) groups is 3. The fraction of sp³-hybridized carbons (Fsp3) is 0.323. The smallest absolute Gasteiger partial charge is 0.330 e. The summed E-state index contributed by atoms with van der Waals surface area (Å²) < 4.78 is 0. The van der Waals surface area contributed by atoms with Gasteiger partial charge in [-0.25, -0.2) is 4.79 Å². The van der Waals surface area contributed by atoms with Crippen molar-refractivity contribution >= 4 is 23.5 Å². The molecular formula is C31H34N2O5. The quantitative estimate of drug-likeness (QED) is 0.349. The van der Waals surface area contributed by atoms with E-state index in [-0.39, 0.29) is 30.6 Å². The maximum Gasteiger partial charge on any atom is 0.330 e. The Labute approximate surface area is 223 Å². The average Bonchev–Trinajstić information content (AvgIpc) is 3.42. The van der Waals surface area contributed by atoms with Crippen molar-refractivity contribution in [2.75, 3.05) is 5.32 Å². The van der Waals surface area contributed by atoms with Gasteiger partial charge < -0.3 is 15.3 Å². The first-order chi connectivity index (χ1) is 18.3. The zero-order valence-electron chi connectivity index (χ0n) is 21.9. The van der Waals surface area contributed by atoms with Crippen LogP contribution in [0.5, 0.6) is 5.75 Å². The van der Waals surface area contributed by atoms with Gasteiger partial charge in [0, 0.05) is 18.0 Å². The molecule has 1 aliphatic rings. The number of hydrogen-bond donors (Lipinski definition) is 2. The van der Waals surface area contributed by atoms with Crippen LogP contribution in [0.3, 0.4) is 0 Å². The van der Waals surface area contributed by atoms with Crippen molar-refractivity contribution in [3.63, 3.8) is 0 Å². The Bertz CT molecular complexity index is 1250. The number of anilines is 1. The fourth-order valence-electron chi connectivity index (χ4n) is 4.94. The van der Waals surface area contributed by atoms with Gasteiger partial charge in [-0.05, 0) is 73.2 Å². The molecule has 0 saturated heterocycles. The standard InChI is InChI=1S/C31H34N2O5/c1-21-16-22(2)18-26(17-21)32-29(34)20-24-12-14-27(15-13-24)38-33(30(35)25-10-6-7-11-25)28(31(36)37)19-23-8-4-3-5-9-23/h3-5,8-9,12-18,25,28H,6-7,10-11,19-20H2,1-2H3,(H,32,34)(H,36,37)/t28-/m1/s1. The molecule has 0 aromatic heterocycles. The molecule has 0 radical (unpaired) electrons. The number of carbonyl (C=O) groups excluding carboxylic acids is 2. The van der Waals surface area contributed by atoms with E-state index in [4.69, 9.17) is 4.84 Å². The number of benzene rings is 3. The van der Waals surface area contributed by atoms with Crippen molar-refractivity contribution in [1.82, 2.24) is 5.06 Å². The van der Waals surface area contributed by atoms with Crippen LogP contribution in [-0.2, 0) is 27.2 Å². The number of carboxylic acid groups (broad SMARTS) is 1. The normalized spacial score (nSPS) is 14.1. The Morgan fingerprint density at radius 2 is 1.55 bits per heavy atom. The predicted molar refractivity (Wildman–Crippen MR) is 146 cm³/mol. The SMILES string of the molecule is Cc1cc(C)cc(NC(=O)Cc2ccc(ON(C(=O)C3CCCC3)[C@H](Cc3ccccc3)C(=O)O)cc2)c1. The van der Waals surface area contributed by atoms with Gasteiger partial charge in [0.05, 0.1) is 6.42 Å². The number of aryl methyl sites for hydroxylation is 2. The summed E-state index contributed by atoms with van der Waals surface area (Å²) in [5, 5.41) is 14.0. The molecule has 0 heterocycles. The van der Waals surface area contributed by atoms with E-state index in [9.17, 15) is 19.5 Å². The van der Waals surface area contributed by atoms with Gasteiger partial charge in [-0.1, -0.05) is 61.4 Å². The van der Waals surface area contributed by atoms with Gasteiger partial charge in [0.1, 0.15) is 0 Å². The van der Waals surface area contributed by atoms with E-state index in [1.165, 1.54) is 0 Å². The van der Waals surface area contributed by atoms with Crippen LogP contribution in [0.1, 0.15) is 47.9 Å². The highest BCUT2D eigenvalue weighted by Gasteiger charge is 2.37. The molecule has 1 fully saturated rings. The van der Waals surface area contributed by atoms with Crippen LogP contribution >= 0.6 is 0 Å². The first kappa shape index (κ1) is 26.9. The highest BCUT2D eigenvalue weighted by Crippen LogP contribution is 2.29. The van der Waals surface area contributed by atoms with Crippen LogP contribution < -0.4 is 10.2 Å². The minimum absolute atomic E-state index is 0.130. The van der Waals surface area contributed by atoms with E-state index in [1.807, 2.05) is 62.4 Å². The Morgan fingerprint density at radius 3 is 2.16 bits per heavy atom. The van der Waals surface area contributed by atoms with E-state index in [0.717, 1.165) is 58.7 Å². The third-order valence-corrected chi connectivity index (χ3v) is 6.76. The molecular weight excluding hydrogens is 480 g/mol. The number of amides is 2. The van der Waals surface area contributed by atoms with Gasteiger partial charge in [-0.15, -0.1) is 0 Å². The number of hydrogen-bond acceptors (Lipinski definition) is 4. The number of nitrogens with zero attached hydrogens (tertiary/aromatic N) is 1. The lowest BCUT2D eigenvalue weighted by molar-refractivity contribution is -0.180. The molecule has 7 heteroatoms. The molecule has 0 spiro atoms. The zero-order valence-corrected chi connectivity index (χ0v) is 21.9. The molecule has 2 amide bonds. The monoisotopic (exact) mass is 514 g/mol. The minimum atomic E-state index is -1.17. The zero-order chi connectivity index (χ0) is 27.1. The van der Waals surface area contributed by atoms with Gasteiger partial charge in [-0.3, -0.25) is 9.59 Å². The van der Waals surface area contributed by atoms with E-state index in [2.05, 4.69) is 5.32 Å². The van der Waals surface area contributed by atoms with Crippen molar-refractivity contribution in [2.45, 2.75) is 58.4 Å². The molecule has 1 aliphatic carbocycles. The van der Waals surface area contributed by atoms with Crippen molar-refractivity contribution in [3.8, 4) is 5.75 Å². The summed E-state index contributed by atoms with van der Waals surface area (Å²) in [4.78, 5) is 44.3. The number of nitrogens with one attached hydrogen (secondary N) is 1. The molecule has 0 unspecified atom stereocenters. The maximum atomic E-state index is 13.4. The molecule has 7 nitrogen and oxygen atoms in total. The second kappa shape index (κ2) is 12.4. The molecule has 3 aromatic carbocycles. The van der Waals surface area contributed by atoms with E-state index in [0.29, 0.717) is 5.75 Å². The van der Waals surface area contributed by atoms with Gasteiger partial charge in [-0.2, -0.15) is 5.06 Å². The second-order valence-electron chi connectivity index (χ2n) is 10.0. The lowest BCUT2D eigenvalue weighted by Gasteiger charge is -2.30. The predicted octanol–water partition coefficient (Wildman–Crippen LogP) is 5.49. The first-order valence-electron chi connectivity index (χ1n) is 13.0. The van der Waals surface area contributed by atoms with E-state index in [1.54, 1.807) is 24.3 Å². The van der Waals surface area contributed by atoms with Crippen molar-refractivity contribution < 1.29 is 24.3 Å². The summed E-state index contributed by atoms with van der Waals surface area (Å²) in [6.07, 6.45) is 3.64. The first-order valence-corrected chi connectivity index (χ1v) is 13.0. The Kier molecular flexibility index (Phi) is 8.79. The maximum absolute atomic E-state index is 13.4. The molecule has 1 saturated carbocycles. The molecule has 0 aliphatic heterocycles. The van der Waals surface area contributed by atoms with Crippen LogP contribution in [0.25, 0.3) is 0 Å². The molecule has 1 atom stereocenters. The van der Waals surface area contributed by atoms with Crippen molar-refractivity contribution in [2.24, 2.45) is 5.92 Å². The average molecular weight is 515 g/mol. The summed E-state index contributed by atoms with van der Waals surface area (Å²) in [6, 6.07) is 20.8. The Hall–Kier alpha value is -4.13. The third-order valence-electron chi connectivity index (χ3n) is 6.76. The number of carboxylic acids is 1. The Morgan fingerprint density at radius 1 is 0.921 bits per heavy atom. The van der Waals surface area contributed by atoms with Crippen LogP contribution in [0.15, 0.2) is 72.8 Å². The summed E-state index contributed by atoms with van der Waals surface area (Å²) in [5.74, 6) is -1.48. The lowest BCUT2D eigenvalue weighted by Crippen LogP contribution is -2.50. The second-order valence-corrected chi connectivity index (χ2v) is 10.0. The summed E-state index contributed by atoms with van der Waals surface area (Å²) >= 11 is 0. The lowest BCUT2D eigenvalue weighted by atomic mass is 10.0. The number of hydroxylamine groups is 2. The molecule has 0 bridgehead atoms. The summed E-state index contributed by atoms with van der Waals surface area (Å²) in [5.41, 5.74) is 4.48. The summed E-state index contributed by atoms with van der Waals surface area (Å²) in [6.45, 7) is 3.97. The van der Waals surface area contributed by atoms with Gasteiger partial charge in [0.2, 0.25) is 5.91 Å². The van der Waals surface area contributed by atoms with E-state index < -0.39 is 12.0 Å². The largest absolute Gasteiger partial charge is 0.480 e. The third kappa shape index (κ3) is 7.22. The number of rotatable bonds is 10. The van der Waals surface area contributed by atoms with E-state index >= 15 is 0 Å². The van der Waals surface area contributed by atoms with Gasteiger partial charge in [0.25, 0.3) is 5.91 Å². The van der Waals surface area contributed by atoms with Crippen LogP contribution in [-0.4, -0.2) is 34.0 Å². The Balaban J connectivity index is 1.47. The molecule has 38 heavy (non-hydrogen) atoms. The topological polar surface area (TPSA) is 95.9 Å². The van der Waals surface area contributed by atoms with Crippen LogP contribution in [0, 0.1) is 19.8 Å².